The van der Waals surface area contributed by atoms with Crippen molar-refractivity contribution in [3.05, 3.63) is 23.2 Å². The topological polar surface area (TPSA) is 62.8 Å². The third kappa shape index (κ3) is 4.91. The highest BCUT2D eigenvalue weighted by atomic mass is 35.5. The smallest absolute Gasteiger partial charge is 0.315 e. The third-order valence-electron chi connectivity index (χ3n) is 3.80. The largest absolute Gasteiger partial charge is 0.495 e. The van der Waals surface area contributed by atoms with E-state index in [1.807, 2.05) is 19.1 Å². The van der Waals surface area contributed by atoms with E-state index in [1.54, 1.807) is 20.3 Å². The number of hydrogen-bond donors (Lipinski definition) is 2. The molecule has 2 atom stereocenters. The number of urea groups is 1. The minimum Gasteiger partial charge on any atom is -0.495 e. The first-order chi connectivity index (χ1) is 11.0. The quantitative estimate of drug-likeness (QED) is 0.833. The predicted molar refractivity (Wildman–Crippen MR) is 91.6 cm³/mol. The summed E-state index contributed by atoms with van der Waals surface area (Å²) < 4.78 is 10.4. The Labute approximate surface area is 142 Å². The Hall–Kier alpha value is -1.66. The maximum absolute atomic E-state index is 12.0. The van der Waals surface area contributed by atoms with Crippen molar-refractivity contribution in [3.63, 3.8) is 0 Å². The summed E-state index contributed by atoms with van der Waals surface area (Å²) in [6.45, 7) is 3.96. The second-order valence-electron chi connectivity index (χ2n) is 5.72. The number of nitrogens with zero attached hydrogens (tertiary/aromatic N) is 1. The van der Waals surface area contributed by atoms with E-state index in [0.29, 0.717) is 11.6 Å². The number of halogens is 1. The lowest BCUT2D eigenvalue weighted by Crippen LogP contribution is -2.47. The number of methoxy groups -OCH3 is 2. The van der Waals surface area contributed by atoms with E-state index >= 15 is 0 Å². The molecule has 0 bridgehead atoms. The summed E-state index contributed by atoms with van der Waals surface area (Å²) in [5.74, 6) is 0.785. The molecule has 0 saturated carbocycles. The van der Waals surface area contributed by atoms with Crippen LogP contribution >= 0.6 is 11.6 Å². The third-order valence-corrected chi connectivity index (χ3v) is 4.03. The number of rotatable bonds is 6. The van der Waals surface area contributed by atoms with Gasteiger partial charge in [0.2, 0.25) is 0 Å². The van der Waals surface area contributed by atoms with E-state index in [-0.39, 0.29) is 18.1 Å². The molecule has 1 heterocycles. The number of nitrogens with one attached hydrogen (secondary N) is 2. The lowest BCUT2D eigenvalue weighted by molar-refractivity contribution is 0.170. The van der Waals surface area contributed by atoms with Gasteiger partial charge in [-0.3, -0.25) is 0 Å². The van der Waals surface area contributed by atoms with Crippen molar-refractivity contribution in [2.24, 2.45) is 0 Å². The van der Waals surface area contributed by atoms with Gasteiger partial charge in [-0.2, -0.15) is 0 Å². The Morgan fingerprint density at radius 2 is 2.26 bits per heavy atom. The lowest BCUT2D eigenvalue weighted by Gasteiger charge is -2.22. The number of amides is 2. The van der Waals surface area contributed by atoms with Gasteiger partial charge in [0.15, 0.2) is 0 Å². The molecule has 1 aromatic rings. The number of hydrogen-bond acceptors (Lipinski definition) is 4. The molecule has 2 N–H and O–H groups in total. The molecular weight excluding hydrogens is 318 g/mol. The lowest BCUT2D eigenvalue weighted by atomic mass is 10.2. The van der Waals surface area contributed by atoms with Crippen LogP contribution in [0.5, 0.6) is 5.75 Å². The zero-order valence-electron chi connectivity index (χ0n) is 13.8. The van der Waals surface area contributed by atoms with Gasteiger partial charge in [0.25, 0.3) is 0 Å². The second kappa shape index (κ2) is 8.26. The van der Waals surface area contributed by atoms with Gasteiger partial charge in [-0.1, -0.05) is 11.6 Å². The van der Waals surface area contributed by atoms with Gasteiger partial charge < -0.3 is 25.0 Å². The van der Waals surface area contributed by atoms with E-state index < -0.39 is 0 Å². The molecular formula is C16H24ClN3O3. The highest BCUT2D eigenvalue weighted by Crippen LogP contribution is 2.33. The van der Waals surface area contributed by atoms with Crippen molar-refractivity contribution < 1.29 is 14.3 Å². The average Bonchev–Trinajstić information content (AvgIpc) is 2.95. The standard InChI is InChI=1S/C16H24ClN3O3/c1-11(10-22-2)18-16(21)19-13-6-7-20(9-13)14-8-12(17)4-5-15(14)23-3/h4-5,8,11,13H,6-7,9-10H2,1-3H3,(H2,18,19,21)/t11-,13-/m0/s1. The fourth-order valence-corrected chi connectivity index (χ4v) is 2.92. The van der Waals surface area contributed by atoms with Crippen LogP contribution in [-0.4, -0.2) is 52.0 Å². The van der Waals surface area contributed by atoms with Gasteiger partial charge in [0.05, 0.1) is 25.4 Å². The maximum atomic E-state index is 12.0. The van der Waals surface area contributed by atoms with Crippen LogP contribution in [-0.2, 0) is 4.74 Å². The van der Waals surface area contributed by atoms with E-state index in [1.165, 1.54) is 0 Å². The highest BCUT2D eigenvalue weighted by Gasteiger charge is 2.26. The molecule has 0 aromatic heterocycles. The number of ether oxygens (including phenoxy) is 2. The number of carbonyl (C=O) groups is 1. The van der Waals surface area contributed by atoms with Gasteiger partial charge in [-0.25, -0.2) is 4.79 Å². The first kappa shape index (κ1) is 17.7. The van der Waals surface area contributed by atoms with Crippen LogP contribution in [0.2, 0.25) is 5.02 Å². The van der Waals surface area contributed by atoms with Crippen LogP contribution in [0.15, 0.2) is 18.2 Å². The molecule has 1 fully saturated rings. The average molecular weight is 342 g/mol. The van der Waals surface area contributed by atoms with E-state index in [2.05, 4.69) is 15.5 Å². The maximum Gasteiger partial charge on any atom is 0.315 e. The van der Waals surface area contributed by atoms with Crippen molar-refractivity contribution in [1.82, 2.24) is 10.6 Å². The molecule has 1 aromatic carbocycles. The molecule has 7 heteroatoms. The second-order valence-corrected chi connectivity index (χ2v) is 6.16. The van der Waals surface area contributed by atoms with Gasteiger partial charge in [-0.05, 0) is 31.5 Å². The normalized spacial score (nSPS) is 18.6. The summed E-state index contributed by atoms with van der Waals surface area (Å²) in [5.41, 5.74) is 0.956. The predicted octanol–water partition coefficient (Wildman–Crippen LogP) is 2.26. The fourth-order valence-electron chi connectivity index (χ4n) is 2.75. The zero-order chi connectivity index (χ0) is 16.8. The minimum absolute atomic E-state index is 0.0227. The first-order valence-corrected chi connectivity index (χ1v) is 8.05. The monoisotopic (exact) mass is 341 g/mol. The van der Waals surface area contributed by atoms with Crippen LogP contribution in [0.1, 0.15) is 13.3 Å². The van der Waals surface area contributed by atoms with Crippen LogP contribution in [0.25, 0.3) is 0 Å². The van der Waals surface area contributed by atoms with Crippen LogP contribution in [0.3, 0.4) is 0 Å². The van der Waals surface area contributed by atoms with Gasteiger partial charge >= 0.3 is 6.03 Å². The number of anilines is 1. The molecule has 1 aliphatic rings. The van der Waals surface area contributed by atoms with Crippen LogP contribution < -0.4 is 20.3 Å². The van der Waals surface area contributed by atoms with Crippen molar-refractivity contribution in [1.29, 1.82) is 0 Å². The van der Waals surface area contributed by atoms with E-state index in [4.69, 9.17) is 21.1 Å². The SMILES string of the molecule is COC[C@H](C)NC(=O)N[C@H]1CCN(c2cc(Cl)ccc2OC)C1. The minimum atomic E-state index is -0.167. The summed E-state index contributed by atoms with van der Waals surface area (Å²) in [7, 11) is 3.26. The Balaban J connectivity index is 1.91. The summed E-state index contributed by atoms with van der Waals surface area (Å²) in [6, 6.07) is 5.46. The number of carbonyl (C=O) groups excluding carboxylic acids is 1. The van der Waals surface area contributed by atoms with Crippen molar-refractivity contribution in [2.75, 3.05) is 38.8 Å². The Morgan fingerprint density at radius 1 is 1.48 bits per heavy atom. The van der Waals surface area contributed by atoms with Gasteiger partial charge in [0.1, 0.15) is 5.75 Å². The molecule has 128 valence electrons. The molecule has 1 aliphatic heterocycles. The molecule has 0 radical (unpaired) electrons. The first-order valence-electron chi connectivity index (χ1n) is 7.68. The zero-order valence-corrected chi connectivity index (χ0v) is 14.5. The van der Waals surface area contributed by atoms with E-state index in [0.717, 1.165) is 30.9 Å². The molecule has 1 saturated heterocycles. The Morgan fingerprint density at radius 3 is 2.96 bits per heavy atom. The Bertz CT molecular complexity index is 541. The summed E-state index contributed by atoms with van der Waals surface area (Å²) in [5, 5.41) is 6.52. The molecule has 0 spiro atoms. The molecule has 0 aliphatic carbocycles. The molecule has 6 nitrogen and oxygen atoms in total. The molecule has 0 unspecified atom stereocenters. The fraction of sp³-hybridized carbons (Fsp3) is 0.562. The Kier molecular flexibility index (Phi) is 6.36. The van der Waals surface area contributed by atoms with Gasteiger partial charge in [0, 0.05) is 31.3 Å². The number of benzene rings is 1. The van der Waals surface area contributed by atoms with Crippen molar-refractivity contribution >= 4 is 23.3 Å². The van der Waals surface area contributed by atoms with Crippen LogP contribution in [0, 0.1) is 0 Å². The summed E-state index contributed by atoms with van der Waals surface area (Å²) in [6.07, 6.45) is 0.877. The van der Waals surface area contributed by atoms with Crippen molar-refractivity contribution in [3.8, 4) is 5.75 Å². The highest BCUT2D eigenvalue weighted by molar-refractivity contribution is 6.30. The van der Waals surface area contributed by atoms with Crippen molar-refractivity contribution in [2.45, 2.75) is 25.4 Å². The van der Waals surface area contributed by atoms with Crippen LogP contribution in [0.4, 0.5) is 10.5 Å². The molecule has 2 rings (SSSR count). The summed E-state index contributed by atoms with van der Waals surface area (Å²) in [4.78, 5) is 14.1. The summed E-state index contributed by atoms with van der Waals surface area (Å²) >= 11 is 6.09. The molecule has 23 heavy (non-hydrogen) atoms. The van der Waals surface area contributed by atoms with Gasteiger partial charge in [-0.15, -0.1) is 0 Å². The van der Waals surface area contributed by atoms with E-state index in [9.17, 15) is 4.79 Å². The molecule has 2 amide bonds.